The zero-order chi connectivity index (χ0) is 15.5. The van der Waals surface area contributed by atoms with Gasteiger partial charge in [-0.15, -0.1) is 0 Å². The van der Waals surface area contributed by atoms with Crippen LogP contribution in [0.5, 0.6) is 5.75 Å². The van der Waals surface area contributed by atoms with Crippen LogP contribution in [0, 0.1) is 0 Å². The molecule has 0 aliphatic heterocycles. The fraction of sp³-hybridized carbons (Fsp3) is 0.105. The molecule has 3 rings (SSSR count). The highest BCUT2D eigenvalue weighted by Crippen LogP contribution is 2.34. The molecule has 0 aromatic heterocycles. The third-order valence-electron chi connectivity index (χ3n) is 3.57. The maximum absolute atomic E-state index is 12.1. The number of hydrogen-bond donors (Lipinski definition) is 1. The van der Waals surface area contributed by atoms with Crippen molar-refractivity contribution >= 4 is 16.7 Å². The number of rotatable bonds is 3. The first kappa shape index (κ1) is 14.1. The van der Waals surface area contributed by atoms with Crippen molar-refractivity contribution < 1.29 is 14.6 Å². The molecule has 3 aromatic rings. The number of hydrogen-bond acceptors (Lipinski definition) is 3. The van der Waals surface area contributed by atoms with Crippen LogP contribution in [0.25, 0.3) is 21.9 Å². The number of carbonyl (C=O) groups is 1. The summed E-state index contributed by atoms with van der Waals surface area (Å²) < 4.78 is 5.09. The zero-order valence-corrected chi connectivity index (χ0v) is 12.2. The molecule has 3 heteroatoms. The number of fused-ring (bicyclic) bond motifs is 1. The van der Waals surface area contributed by atoms with Crippen LogP contribution in [-0.4, -0.2) is 17.7 Å². The number of esters is 1. The quantitative estimate of drug-likeness (QED) is 0.728. The van der Waals surface area contributed by atoms with Crippen molar-refractivity contribution in [3.63, 3.8) is 0 Å². The standard InChI is InChI=1S/C19H16O3/c1-2-22-19(21)14-11-16(13-7-4-3-5-8-13)15-9-6-10-18(20)17(15)12-14/h3-12,20H,2H2,1H3. The molecule has 3 aromatic carbocycles. The monoisotopic (exact) mass is 292 g/mol. The number of aromatic hydroxyl groups is 1. The molecule has 0 aliphatic rings. The number of carbonyl (C=O) groups excluding carboxylic acids is 1. The van der Waals surface area contributed by atoms with Gasteiger partial charge >= 0.3 is 5.97 Å². The Bertz CT molecular complexity index is 823. The highest BCUT2D eigenvalue weighted by atomic mass is 16.5. The lowest BCUT2D eigenvalue weighted by atomic mass is 9.95. The van der Waals surface area contributed by atoms with Crippen molar-refractivity contribution in [3.05, 3.63) is 66.2 Å². The Kier molecular flexibility index (Phi) is 3.79. The van der Waals surface area contributed by atoms with Crippen molar-refractivity contribution in [2.24, 2.45) is 0 Å². The Hall–Kier alpha value is -2.81. The van der Waals surface area contributed by atoms with Gasteiger partial charge in [-0.05, 0) is 41.6 Å². The number of benzene rings is 3. The van der Waals surface area contributed by atoms with Crippen LogP contribution in [0.4, 0.5) is 0 Å². The maximum atomic E-state index is 12.1. The van der Waals surface area contributed by atoms with E-state index in [-0.39, 0.29) is 11.7 Å². The lowest BCUT2D eigenvalue weighted by molar-refractivity contribution is 0.0526. The molecule has 0 bridgehead atoms. The van der Waals surface area contributed by atoms with Gasteiger partial charge in [-0.1, -0.05) is 42.5 Å². The van der Waals surface area contributed by atoms with Crippen LogP contribution >= 0.6 is 0 Å². The summed E-state index contributed by atoms with van der Waals surface area (Å²) in [7, 11) is 0. The lowest BCUT2D eigenvalue weighted by Gasteiger charge is -2.11. The number of ether oxygens (including phenoxy) is 1. The van der Waals surface area contributed by atoms with Crippen molar-refractivity contribution in [1.29, 1.82) is 0 Å². The van der Waals surface area contributed by atoms with Crippen LogP contribution in [0.3, 0.4) is 0 Å². The van der Waals surface area contributed by atoms with E-state index in [1.807, 2.05) is 42.5 Å². The van der Waals surface area contributed by atoms with Gasteiger partial charge in [0, 0.05) is 5.39 Å². The highest BCUT2D eigenvalue weighted by Gasteiger charge is 2.14. The van der Waals surface area contributed by atoms with Gasteiger partial charge in [0.05, 0.1) is 12.2 Å². The van der Waals surface area contributed by atoms with Crippen LogP contribution in [-0.2, 0) is 4.74 Å². The third-order valence-corrected chi connectivity index (χ3v) is 3.57. The van der Waals surface area contributed by atoms with Crippen molar-refractivity contribution in [1.82, 2.24) is 0 Å². The molecule has 3 nitrogen and oxygen atoms in total. The fourth-order valence-corrected chi connectivity index (χ4v) is 2.56. The first-order chi connectivity index (χ1) is 10.7. The van der Waals surface area contributed by atoms with Gasteiger partial charge in [0.15, 0.2) is 0 Å². The average Bonchev–Trinajstić information content (AvgIpc) is 2.55. The molecular formula is C19H16O3. The summed E-state index contributed by atoms with van der Waals surface area (Å²) in [6.07, 6.45) is 0. The van der Waals surface area contributed by atoms with Crippen LogP contribution in [0.1, 0.15) is 17.3 Å². The van der Waals surface area contributed by atoms with Gasteiger partial charge in [0.25, 0.3) is 0 Å². The van der Waals surface area contributed by atoms with E-state index < -0.39 is 0 Å². The normalized spacial score (nSPS) is 10.6. The fourth-order valence-electron chi connectivity index (χ4n) is 2.56. The minimum Gasteiger partial charge on any atom is -0.507 e. The van der Waals surface area contributed by atoms with Crippen molar-refractivity contribution in [3.8, 4) is 16.9 Å². The summed E-state index contributed by atoms with van der Waals surface area (Å²) >= 11 is 0. The molecule has 0 heterocycles. The van der Waals surface area contributed by atoms with Crippen LogP contribution < -0.4 is 0 Å². The number of phenols is 1. The molecule has 0 saturated heterocycles. The molecular weight excluding hydrogens is 276 g/mol. The zero-order valence-electron chi connectivity index (χ0n) is 12.2. The van der Waals surface area contributed by atoms with Gasteiger partial charge in [-0.2, -0.15) is 0 Å². The van der Waals surface area contributed by atoms with Gasteiger partial charge in [-0.3, -0.25) is 0 Å². The van der Waals surface area contributed by atoms with Crippen LogP contribution in [0.2, 0.25) is 0 Å². The lowest BCUT2D eigenvalue weighted by Crippen LogP contribution is -2.05. The predicted molar refractivity (Wildman–Crippen MR) is 87.0 cm³/mol. The second-order valence-corrected chi connectivity index (χ2v) is 4.98. The minimum absolute atomic E-state index is 0.154. The van der Waals surface area contributed by atoms with Gasteiger partial charge < -0.3 is 9.84 Å². The Morgan fingerprint density at radius 2 is 1.77 bits per heavy atom. The molecule has 0 fully saturated rings. The smallest absolute Gasteiger partial charge is 0.338 e. The van der Waals surface area contributed by atoms with Crippen LogP contribution in [0.15, 0.2) is 60.7 Å². The van der Waals surface area contributed by atoms with Crippen molar-refractivity contribution in [2.75, 3.05) is 6.61 Å². The molecule has 0 radical (unpaired) electrons. The summed E-state index contributed by atoms with van der Waals surface area (Å²) in [4.78, 5) is 12.1. The van der Waals surface area contributed by atoms with Crippen molar-refractivity contribution in [2.45, 2.75) is 6.92 Å². The van der Waals surface area contributed by atoms with E-state index in [2.05, 4.69) is 0 Å². The Balaban J connectivity index is 2.29. The molecule has 0 atom stereocenters. The first-order valence-electron chi connectivity index (χ1n) is 7.19. The van der Waals surface area contributed by atoms with Gasteiger partial charge in [-0.25, -0.2) is 4.79 Å². The Morgan fingerprint density at radius 1 is 1.00 bits per heavy atom. The molecule has 0 unspecified atom stereocenters. The summed E-state index contributed by atoms with van der Waals surface area (Å²) in [5.41, 5.74) is 2.33. The second kappa shape index (κ2) is 5.90. The topological polar surface area (TPSA) is 46.5 Å². The van der Waals surface area contributed by atoms with E-state index >= 15 is 0 Å². The predicted octanol–water partition coefficient (Wildman–Crippen LogP) is 4.39. The van der Waals surface area contributed by atoms with E-state index in [0.29, 0.717) is 17.6 Å². The molecule has 0 amide bonds. The molecule has 110 valence electrons. The first-order valence-corrected chi connectivity index (χ1v) is 7.19. The average molecular weight is 292 g/mol. The molecule has 0 saturated carbocycles. The van der Waals surface area contributed by atoms with E-state index in [4.69, 9.17) is 4.74 Å². The SMILES string of the molecule is CCOC(=O)c1cc(-c2ccccc2)c2cccc(O)c2c1. The third kappa shape index (κ3) is 2.53. The van der Waals surface area contributed by atoms with Gasteiger partial charge in [0.2, 0.25) is 0 Å². The molecule has 22 heavy (non-hydrogen) atoms. The Labute approximate surface area is 128 Å². The number of phenolic OH excluding ortho intramolecular Hbond substituents is 1. The summed E-state index contributed by atoms with van der Waals surface area (Å²) in [5, 5.41) is 11.7. The minimum atomic E-state index is -0.384. The van der Waals surface area contributed by atoms with Gasteiger partial charge in [0.1, 0.15) is 5.75 Å². The molecule has 1 N–H and O–H groups in total. The maximum Gasteiger partial charge on any atom is 0.338 e. The largest absolute Gasteiger partial charge is 0.507 e. The van der Waals surface area contributed by atoms with E-state index in [1.54, 1.807) is 25.1 Å². The summed E-state index contributed by atoms with van der Waals surface area (Å²) in [5.74, 6) is -0.231. The second-order valence-electron chi connectivity index (χ2n) is 4.98. The van der Waals surface area contributed by atoms with E-state index in [9.17, 15) is 9.90 Å². The van der Waals surface area contributed by atoms with E-state index in [0.717, 1.165) is 16.5 Å². The summed E-state index contributed by atoms with van der Waals surface area (Å²) in [6, 6.07) is 18.6. The molecule has 0 aliphatic carbocycles. The van der Waals surface area contributed by atoms with E-state index in [1.165, 1.54) is 0 Å². The highest BCUT2D eigenvalue weighted by molar-refractivity contribution is 6.05. The Morgan fingerprint density at radius 3 is 2.50 bits per heavy atom. The molecule has 0 spiro atoms. The summed E-state index contributed by atoms with van der Waals surface area (Å²) in [6.45, 7) is 2.09.